The van der Waals surface area contributed by atoms with Crippen molar-refractivity contribution in [2.24, 2.45) is 10.7 Å². The molecule has 0 unspecified atom stereocenters. The second-order valence-electron chi connectivity index (χ2n) is 3.48. The Kier molecular flexibility index (Phi) is 4.17. The van der Waals surface area contributed by atoms with E-state index in [9.17, 15) is 0 Å². The standard InChI is InChI=1S/C12H18N2/c1-3-8-14-12(13)9-11-7-5-4-6-10(11)2/h4-7H,3,8-9H2,1-2H3,(H2,13,14). The lowest BCUT2D eigenvalue weighted by Crippen LogP contribution is -2.16. The summed E-state index contributed by atoms with van der Waals surface area (Å²) in [4.78, 5) is 4.27. The molecule has 1 aromatic rings. The zero-order valence-electron chi connectivity index (χ0n) is 8.96. The second kappa shape index (κ2) is 5.43. The fourth-order valence-corrected chi connectivity index (χ4v) is 1.31. The molecule has 0 atom stereocenters. The van der Waals surface area contributed by atoms with Gasteiger partial charge in [-0.2, -0.15) is 0 Å². The van der Waals surface area contributed by atoms with Crippen LogP contribution >= 0.6 is 0 Å². The van der Waals surface area contributed by atoms with Gasteiger partial charge in [0.05, 0.1) is 5.84 Å². The Morgan fingerprint density at radius 3 is 2.71 bits per heavy atom. The molecular formula is C12H18N2. The van der Waals surface area contributed by atoms with Crippen molar-refractivity contribution in [3.63, 3.8) is 0 Å². The second-order valence-corrected chi connectivity index (χ2v) is 3.48. The molecule has 2 heteroatoms. The fourth-order valence-electron chi connectivity index (χ4n) is 1.31. The Morgan fingerprint density at radius 2 is 2.07 bits per heavy atom. The Labute approximate surface area is 85.9 Å². The van der Waals surface area contributed by atoms with Gasteiger partial charge in [0.25, 0.3) is 0 Å². The molecule has 2 nitrogen and oxygen atoms in total. The number of nitrogens with zero attached hydrogens (tertiary/aromatic N) is 1. The van der Waals surface area contributed by atoms with E-state index >= 15 is 0 Å². The maximum Gasteiger partial charge on any atom is 0.0981 e. The van der Waals surface area contributed by atoms with Gasteiger partial charge in [-0.25, -0.2) is 0 Å². The van der Waals surface area contributed by atoms with Crippen molar-refractivity contribution in [2.75, 3.05) is 6.54 Å². The molecule has 0 radical (unpaired) electrons. The monoisotopic (exact) mass is 190 g/mol. The predicted molar refractivity (Wildman–Crippen MR) is 61.7 cm³/mol. The lowest BCUT2D eigenvalue weighted by molar-refractivity contribution is 0.924. The van der Waals surface area contributed by atoms with Gasteiger partial charge in [-0.15, -0.1) is 0 Å². The van der Waals surface area contributed by atoms with E-state index in [4.69, 9.17) is 5.73 Å². The average Bonchev–Trinajstić information content (AvgIpc) is 2.18. The molecule has 0 aliphatic heterocycles. The van der Waals surface area contributed by atoms with E-state index in [2.05, 4.69) is 31.0 Å². The van der Waals surface area contributed by atoms with Gasteiger partial charge in [-0.05, 0) is 24.5 Å². The molecule has 2 N–H and O–H groups in total. The number of amidine groups is 1. The summed E-state index contributed by atoms with van der Waals surface area (Å²) in [6.07, 6.45) is 1.82. The lowest BCUT2D eigenvalue weighted by atomic mass is 10.1. The van der Waals surface area contributed by atoms with Gasteiger partial charge in [0.2, 0.25) is 0 Å². The number of hydrogen-bond donors (Lipinski definition) is 1. The number of rotatable bonds is 4. The van der Waals surface area contributed by atoms with E-state index in [1.54, 1.807) is 0 Å². The summed E-state index contributed by atoms with van der Waals surface area (Å²) >= 11 is 0. The first-order chi connectivity index (χ1) is 6.74. The Hall–Kier alpha value is -1.31. The molecule has 0 spiro atoms. The van der Waals surface area contributed by atoms with Gasteiger partial charge >= 0.3 is 0 Å². The van der Waals surface area contributed by atoms with Crippen molar-refractivity contribution in [1.29, 1.82) is 0 Å². The summed E-state index contributed by atoms with van der Waals surface area (Å²) in [7, 11) is 0. The molecule has 0 fully saturated rings. The summed E-state index contributed by atoms with van der Waals surface area (Å²) in [6.45, 7) is 5.03. The van der Waals surface area contributed by atoms with Crippen LogP contribution in [-0.4, -0.2) is 12.4 Å². The van der Waals surface area contributed by atoms with Crippen molar-refractivity contribution < 1.29 is 0 Å². The van der Waals surface area contributed by atoms with Crippen LogP contribution in [0.4, 0.5) is 0 Å². The minimum absolute atomic E-state index is 0.737. The summed E-state index contributed by atoms with van der Waals surface area (Å²) in [6, 6.07) is 8.28. The highest BCUT2D eigenvalue weighted by Crippen LogP contribution is 2.07. The molecule has 0 saturated heterocycles. The first-order valence-corrected chi connectivity index (χ1v) is 5.07. The van der Waals surface area contributed by atoms with Crippen molar-refractivity contribution in [1.82, 2.24) is 0 Å². The molecular weight excluding hydrogens is 172 g/mol. The van der Waals surface area contributed by atoms with Crippen LogP contribution in [0.15, 0.2) is 29.3 Å². The van der Waals surface area contributed by atoms with Gasteiger partial charge in [-0.3, -0.25) is 4.99 Å². The largest absolute Gasteiger partial charge is 0.387 e. The zero-order valence-corrected chi connectivity index (χ0v) is 8.96. The van der Waals surface area contributed by atoms with Crippen molar-refractivity contribution >= 4 is 5.84 Å². The predicted octanol–water partition coefficient (Wildman–Crippen LogP) is 2.30. The third-order valence-electron chi connectivity index (χ3n) is 2.17. The van der Waals surface area contributed by atoms with E-state index in [1.807, 2.05) is 12.1 Å². The van der Waals surface area contributed by atoms with E-state index in [-0.39, 0.29) is 0 Å². The highest BCUT2D eigenvalue weighted by atomic mass is 14.8. The maximum atomic E-state index is 5.81. The Bertz CT molecular complexity index is 316. The van der Waals surface area contributed by atoms with Crippen LogP contribution in [0.1, 0.15) is 24.5 Å². The Balaban J connectivity index is 2.64. The third-order valence-corrected chi connectivity index (χ3v) is 2.17. The van der Waals surface area contributed by atoms with E-state index < -0.39 is 0 Å². The zero-order chi connectivity index (χ0) is 10.4. The topological polar surface area (TPSA) is 38.4 Å². The van der Waals surface area contributed by atoms with E-state index in [0.717, 1.165) is 25.2 Å². The van der Waals surface area contributed by atoms with Crippen LogP contribution in [0.2, 0.25) is 0 Å². The smallest absolute Gasteiger partial charge is 0.0981 e. The summed E-state index contributed by atoms with van der Waals surface area (Å²) in [5.74, 6) is 0.737. The van der Waals surface area contributed by atoms with Gasteiger partial charge in [-0.1, -0.05) is 31.2 Å². The molecule has 0 heterocycles. The van der Waals surface area contributed by atoms with Gasteiger partial charge in [0.1, 0.15) is 0 Å². The van der Waals surface area contributed by atoms with Crippen LogP contribution in [0.3, 0.4) is 0 Å². The molecule has 0 amide bonds. The molecule has 14 heavy (non-hydrogen) atoms. The molecule has 0 saturated carbocycles. The summed E-state index contributed by atoms with van der Waals surface area (Å²) in [5, 5.41) is 0. The quantitative estimate of drug-likeness (QED) is 0.574. The van der Waals surface area contributed by atoms with Crippen LogP contribution in [0, 0.1) is 6.92 Å². The number of benzene rings is 1. The highest BCUT2D eigenvalue weighted by molar-refractivity contribution is 5.82. The number of aliphatic imine (C=N–C) groups is 1. The van der Waals surface area contributed by atoms with Gasteiger partial charge in [0.15, 0.2) is 0 Å². The average molecular weight is 190 g/mol. The van der Waals surface area contributed by atoms with E-state index in [0.29, 0.717) is 0 Å². The van der Waals surface area contributed by atoms with Crippen molar-refractivity contribution in [3.05, 3.63) is 35.4 Å². The number of hydrogen-bond acceptors (Lipinski definition) is 1. The molecule has 0 aromatic heterocycles. The normalized spacial score (nSPS) is 11.7. The van der Waals surface area contributed by atoms with Crippen LogP contribution in [0.5, 0.6) is 0 Å². The number of aryl methyl sites for hydroxylation is 1. The molecule has 1 rings (SSSR count). The Morgan fingerprint density at radius 1 is 1.36 bits per heavy atom. The maximum absolute atomic E-state index is 5.81. The minimum Gasteiger partial charge on any atom is -0.387 e. The lowest BCUT2D eigenvalue weighted by Gasteiger charge is -2.04. The first-order valence-electron chi connectivity index (χ1n) is 5.07. The molecule has 1 aromatic carbocycles. The van der Waals surface area contributed by atoms with Crippen LogP contribution < -0.4 is 5.73 Å². The highest BCUT2D eigenvalue weighted by Gasteiger charge is 1.98. The summed E-state index contributed by atoms with van der Waals surface area (Å²) in [5.41, 5.74) is 8.36. The van der Waals surface area contributed by atoms with E-state index in [1.165, 1.54) is 11.1 Å². The molecule has 0 bridgehead atoms. The van der Waals surface area contributed by atoms with Crippen LogP contribution in [0.25, 0.3) is 0 Å². The minimum atomic E-state index is 0.737. The third kappa shape index (κ3) is 3.21. The number of nitrogens with two attached hydrogens (primary N) is 1. The fraction of sp³-hybridized carbons (Fsp3) is 0.417. The van der Waals surface area contributed by atoms with Crippen LogP contribution in [-0.2, 0) is 6.42 Å². The SMILES string of the molecule is CCCN=C(N)Cc1ccccc1C. The first kappa shape index (κ1) is 10.8. The summed E-state index contributed by atoms with van der Waals surface area (Å²) < 4.78 is 0. The van der Waals surface area contributed by atoms with Gasteiger partial charge in [0, 0.05) is 13.0 Å². The molecule has 0 aliphatic rings. The van der Waals surface area contributed by atoms with Gasteiger partial charge < -0.3 is 5.73 Å². The molecule has 76 valence electrons. The van der Waals surface area contributed by atoms with Crippen molar-refractivity contribution in [2.45, 2.75) is 26.7 Å². The molecule has 0 aliphatic carbocycles. The van der Waals surface area contributed by atoms with Crippen molar-refractivity contribution in [3.8, 4) is 0 Å².